The maximum Gasteiger partial charge on any atom is 0.172 e. The molecule has 1 aromatic carbocycles. The summed E-state index contributed by atoms with van der Waals surface area (Å²) in [4.78, 5) is 11.2. The number of hydrogen-bond donors (Lipinski definition) is 0. The Labute approximate surface area is 129 Å². The number of aromatic nitrogens is 4. The van der Waals surface area contributed by atoms with E-state index in [2.05, 4.69) is 15.5 Å². The fraction of sp³-hybridized carbons (Fsp3) is 0.200. The van der Waals surface area contributed by atoms with E-state index in [1.165, 1.54) is 10.7 Å². The molecule has 118 valence electrons. The predicted molar refractivity (Wildman–Crippen MR) is 75.8 cm³/mol. The third-order valence-corrected chi connectivity index (χ3v) is 3.55. The van der Waals surface area contributed by atoms with Gasteiger partial charge in [-0.2, -0.15) is 0 Å². The van der Waals surface area contributed by atoms with Crippen LogP contribution >= 0.6 is 0 Å². The largest absolute Gasteiger partial charge is 0.361 e. The fourth-order valence-electron chi connectivity index (χ4n) is 2.33. The number of rotatable bonds is 4. The second-order valence-electron chi connectivity index (χ2n) is 5.03. The van der Waals surface area contributed by atoms with Crippen molar-refractivity contribution >= 4 is 6.29 Å². The SMILES string of the molecule is Cc1noc(C)c1Cn1nnc(C=O)c1-c1ccc(F)c(F)c1. The highest BCUT2D eigenvalue weighted by molar-refractivity contribution is 5.83. The Morgan fingerprint density at radius 3 is 2.65 bits per heavy atom. The van der Waals surface area contributed by atoms with Crippen molar-refractivity contribution in [2.75, 3.05) is 0 Å². The number of halogens is 2. The van der Waals surface area contributed by atoms with Gasteiger partial charge in [0.25, 0.3) is 0 Å². The van der Waals surface area contributed by atoms with Crippen molar-refractivity contribution in [3.63, 3.8) is 0 Å². The van der Waals surface area contributed by atoms with Crippen LogP contribution in [0.15, 0.2) is 22.7 Å². The van der Waals surface area contributed by atoms with E-state index in [9.17, 15) is 13.6 Å². The predicted octanol–water partition coefficient (Wildman–Crippen LogP) is 2.69. The van der Waals surface area contributed by atoms with E-state index >= 15 is 0 Å². The molecule has 3 aromatic rings. The molecular formula is C15H12F2N4O2. The van der Waals surface area contributed by atoms with Crippen LogP contribution in [-0.4, -0.2) is 26.4 Å². The molecule has 8 heteroatoms. The summed E-state index contributed by atoms with van der Waals surface area (Å²) in [5.74, 6) is -1.36. The van der Waals surface area contributed by atoms with Crippen LogP contribution in [0.5, 0.6) is 0 Å². The number of aryl methyl sites for hydroxylation is 2. The highest BCUT2D eigenvalue weighted by Crippen LogP contribution is 2.25. The van der Waals surface area contributed by atoms with Gasteiger partial charge in [0.15, 0.2) is 23.6 Å². The molecule has 0 aliphatic carbocycles. The lowest BCUT2D eigenvalue weighted by Gasteiger charge is -2.07. The Hall–Kier alpha value is -2.90. The Bertz CT molecular complexity index is 866. The molecule has 0 spiro atoms. The number of nitrogens with zero attached hydrogens (tertiary/aromatic N) is 4. The summed E-state index contributed by atoms with van der Waals surface area (Å²) in [5.41, 5.74) is 2.13. The monoisotopic (exact) mass is 318 g/mol. The standard InChI is InChI=1S/C15H12F2N4O2/c1-8-11(9(2)23-19-8)6-21-15(14(7-22)18-20-21)10-3-4-12(16)13(17)5-10/h3-5,7H,6H2,1-2H3. The second-order valence-corrected chi connectivity index (χ2v) is 5.03. The molecule has 0 bridgehead atoms. The van der Waals surface area contributed by atoms with E-state index < -0.39 is 11.6 Å². The minimum Gasteiger partial charge on any atom is -0.361 e. The van der Waals surface area contributed by atoms with E-state index in [0.717, 1.165) is 17.7 Å². The van der Waals surface area contributed by atoms with Gasteiger partial charge in [-0.3, -0.25) is 4.79 Å². The zero-order valence-corrected chi connectivity index (χ0v) is 12.4. The van der Waals surface area contributed by atoms with Crippen LogP contribution < -0.4 is 0 Å². The molecule has 0 unspecified atom stereocenters. The number of benzene rings is 1. The first-order chi connectivity index (χ1) is 11.0. The van der Waals surface area contributed by atoms with Crippen molar-refractivity contribution in [1.29, 1.82) is 0 Å². The molecule has 2 aromatic heterocycles. The van der Waals surface area contributed by atoms with Gasteiger partial charge in [-0.25, -0.2) is 13.5 Å². The van der Waals surface area contributed by atoms with Crippen molar-refractivity contribution in [3.8, 4) is 11.3 Å². The molecule has 3 rings (SSSR count). The fourth-order valence-corrected chi connectivity index (χ4v) is 2.33. The van der Waals surface area contributed by atoms with E-state index in [4.69, 9.17) is 4.52 Å². The highest BCUT2D eigenvalue weighted by atomic mass is 19.2. The second kappa shape index (κ2) is 5.71. The van der Waals surface area contributed by atoms with E-state index in [1.807, 2.05) is 0 Å². The number of aldehydes is 1. The van der Waals surface area contributed by atoms with Gasteiger partial charge in [0.1, 0.15) is 5.76 Å². The van der Waals surface area contributed by atoms with Crippen LogP contribution in [-0.2, 0) is 6.54 Å². The molecule has 0 radical (unpaired) electrons. The molecule has 0 N–H and O–H groups in total. The molecule has 0 atom stereocenters. The molecule has 23 heavy (non-hydrogen) atoms. The average molecular weight is 318 g/mol. The van der Waals surface area contributed by atoms with Gasteiger partial charge in [-0.15, -0.1) is 5.10 Å². The highest BCUT2D eigenvalue weighted by Gasteiger charge is 2.19. The Balaban J connectivity index is 2.10. The molecule has 0 amide bonds. The molecule has 0 saturated heterocycles. The molecular weight excluding hydrogens is 306 g/mol. The number of carbonyl (C=O) groups is 1. The summed E-state index contributed by atoms with van der Waals surface area (Å²) in [6.07, 6.45) is 0.521. The summed E-state index contributed by atoms with van der Waals surface area (Å²) in [7, 11) is 0. The minimum atomic E-state index is -1.01. The first kappa shape index (κ1) is 15.0. The normalized spacial score (nSPS) is 11.0. The molecule has 0 fully saturated rings. The van der Waals surface area contributed by atoms with Gasteiger partial charge in [-0.05, 0) is 32.0 Å². The lowest BCUT2D eigenvalue weighted by Crippen LogP contribution is -2.06. The van der Waals surface area contributed by atoms with Crippen molar-refractivity contribution in [2.45, 2.75) is 20.4 Å². The first-order valence-corrected chi connectivity index (χ1v) is 6.77. The molecule has 0 aliphatic rings. The molecule has 6 nitrogen and oxygen atoms in total. The summed E-state index contributed by atoms with van der Waals surface area (Å²) < 4.78 is 33.2. The lowest BCUT2D eigenvalue weighted by molar-refractivity contribution is 0.111. The topological polar surface area (TPSA) is 73.8 Å². The van der Waals surface area contributed by atoms with Crippen LogP contribution in [0.3, 0.4) is 0 Å². The van der Waals surface area contributed by atoms with E-state index in [0.29, 0.717) is 29.0 Å². The maximum atomic E-state index is 13.5. The van der Waals surface area contributed by atoms with Crippen molar-refractivity contribution in [2.24, 2.45) is 0 Å². The van der Waals surface area contributed by atoms with Crippen LogP contribution in [0.25, 0.3) is 11.3 Å². The van der Waals surface area contributed by atoms with Gasteiger partial charge >= 0.3 is 0 Å². The summed E-state index contributed by atoms with van der Waals surface area (Å²) >= 11 is 0. The van der Waals surface area contributed by atoms with Crippen LogP contribution in [0.2, 0.25) is 0 Å². The maximum absolute atomic E-state index is 13.5. The number of hydrogen-bond acceptors (Lipinski definition) is 5. The zero-order valence-electron chi connectivity index (χ0n) is 12.4. The minimum absolute atomic E-state index is 0.0442. The van der Waals surface area contributed by atoms with Crippen LogP contribution in [0.1, 0.15) is 27.5 Å². The Morgan fingerprint density at radius 1 is 1.26 bits per heavy atom. The lowest BCUT2D eigenvalue weighted by atomic mass is 10.1. The van der Waals surface area contributed by atoms with Gasteiger partial charge in [0, 0.05) is 11.1 Å². The van der Waals surface area contributed by atoms with Crippen LogP contribution in [0.4, 0.5) is 8.78 Å². The first-order valence-electron chi connectivity index (χ1n) is 6.77. The van der Waals surface area contributed by atoms with Gasteiger partial charge < -0.3 is 4.52 Å². The Morgan fingerprint density at radius 2 is 2.04 bits per heavy atom. The summed E-state index contributed by atoms with van der Waals surface area (Å²) in [6, 6.07) is 3.37. The quantitative estimate of drug-likeness (QED) is 0.691. The third-order valence-electron chi connectivity index (χ3n) is 3.55. The summed E-state index contributed by atoms with van der Waals surface area (Å²) in [5, 5.41) is 11.6. The van der Waals surface area contributed by atoms with Crippen LogP contribution in [0, 0.1) is 25.5 Å². The average Bonchev–Trinajstić information content (AvgIpc) is 3.08. The van der Waals surface area contributed by atoms with Gasteiger partial charge in [0.2, 0.25) is 0 Å². The molecule has 2 heterocycles. The van der Waals surface area contributed by atoms with Crippen molar-refractivity contribution in [3.05, 3.63) is 52.5 Å². The zero-order chi connectivity index (χ0) is 16.6. The number of carbonyl (C=O) groups excluding carboxylic acids is 1. The van der Waals surface area contributed by atoms with E-state index in [-0.39, 0.29) is 12.2 Å². The van der Waals surface area contributed by atoms with Crippen molar-refractivity contribution in [1.82, 2.24) is 20.2 Å². The third kappa shape index (κ3) is 2.63. The summed E-state index contributed by atoms with van der Waals surface area (Å²) in [6.45, 7) is 3.78. The van der Waals surface area contributed by atoms with Gasteiger partial charge in [0.05, 0.1) is 17.9 Å². The smallest absolute Gasteiger partial charge is 0.172 e. The Kier molecular flexibility index (Phi) is 3.73. The molecule has 0 aliphatic heterocycles. The molecule has 0 saturated carbocycles. The van der Waals surface area contributed by atoms with Gasteiger partial charge in [-0.1, -0.05) is 10.4 Å². The van der Waals surface area contributed by atoms with E-state index in [1.54, 1.807) is 13.8 Å². The van der Waals surface area contributed by atoms with Crippen molar-refractivity contribution < 1.29 is 18.1 Å².